The molecule has 9 nitrogen and oxygen atoms in total. The molecule has 26 heavy (non-hydrogen) atoms. The van der Waals surface area contributed by atoms with Crippen LogP contribution in [0, 0.1) is 6.92 Å². The summed E-state index contributed by atoms with van der Waals surface area (Å²) in [6, 6.07) is 0.160. The van der Waals surface area contributed by atoms with E-state index in [1.54, 1.807) is 11.6 Å². The molecular formula is C15H19N7O2S2. The molecule has 0 aromatic carbocycles. The molecule has 0 aliphatic heterocycles. The minimum atomic E-state index is -0.362. The highest BCUT2D eigenvalue weighted by atomic mass is 32.2. The standard InChI is InChI=1S/C15H19N7O2S2/c1-5-24-14(23)11-8(4)10-12(16)17-9(18-13(10)26-11)6-25-15-19-20-21-22(15)7(2)3/h7H,5-6H2,1-4H3,(H2,16,17,18). The molecule has 3 aromatic heterocycles. The van der Waals surface area contributed by atoms with E-state index in [0.29, 0.717) is 44.3 Å². The van der Waals surface area contributed by atoms with Gasteiger partial charge in [-0.1, -0.05) is 11.8 Å². The number of carbonyl (C=O) groups excluding carboxylic acids is 1. The Morgan fingerprint density at radius 3 is 2.85 bits per heavy atom. The number of thiophene rings is 1. The molecular weight excluding hydrogens is 374 g/mol. The molecule has 0 spiro atoms. The smallest absolute Gasteiger partial charge is 0.348 e. The maximum absolute atomic E-state index is 12.1. The highest BCUT2D eigenvalue weighted by Gasteiger charge is 2.21. The van der Waals surface area contributed by atoms with Gasteiger partial charge in [-0.3, -0.25) is 0 Å². The van der Waals surface area contributed by atoms with Gasteiger partial charge in [0.05, 0.1) is 23.8 Å². The molecule has 0 fully saturated rings. The average Bonchev–Trinajstić information content (AvgIpc) is 3.18. The van der Waals surface area contributed by atoms with Gasteiger partial charge in [0.1, 0.15) is 21.3 Å². The number of esters is 1. The Kier molecular flexibility index (Phi) is 5.37. The van der Waals surface area contributed by atoms with Gasteiger partial charge < -0.3 is 10.5 Å². The van der Waals surface area contributed by atoms with Crippen LogP contribution in [-0.2, 0) is 10.5 Å². The first-order valence-electron chi connectivity index (χ1n) is 8.05. The fraction of sp³-hybridized carbons (Fsp3) is 0.467. The third-order valence-electron chi connectivity index (χ3n) is 3.61. The first-order chi connectivity index (χ1) is 12.4. The molecule has 0 saturated heterocycles. The minimum absolute atomic E-state index is 0.160. The van der Waals surface area contributed by atoms with Gasteiger partial charge in [-0.25, -0.2) is 19.4 Å². The molecule has 3 rings (SSSR count). The van der Waals surface area contributed by atoms with Crippen LogP contribution in [0.15, 0.2) is 5.16 Å². The van der Waals surface area contributed by atoms with Crippen molar-refractivity contribution in [2.75, 3.05) is 12.3 Å². The number of nitrogens with two attached hydrogens (primary N) is 1. The van der Waals surface area contributed by atoms with Crippen LogP contribution in [0.25, 0.3) is 10.2 Å². The van der Waals surface area contributed by atoms with E-state index in [1.165, 1.54) is 23.1 Å². The number of thioether (sulfide) groups is 1. The van der Waals surface area contributed by atoms with E-state index in [1.807, 2.05) is 20.8 Å². The van der Waals surface area contributed by atoms with Gasteiger partial charge >= 0.3 is 5.97 Å². The molecule has 0 radical (unpaired) electrons. The van der Waals surface area contributed by atoms with Crippen molar-refractivity contribution in [2.24, 2.45) is 0 Å². The van der Waals surface area contributed by atoms with Crippen molar-refractivity contribution in [3.63, 3.8) is 0 Å². The number of carbonyl (C=O) groups is 1. The highest BCUT2D eigenvalue weighted by molar-refractivity contribution is 7.98. The Bertz CT molecular complexity index is 951. The van der Waals surface area contributed by atoms with E-state index < -0.39 is 0 Å². The number of nitrogen functional groups attached to an aromatic ring is 1. The van der Waals surface area contributed by atoms with Gasteiger partial charge in [0.25, 0.3) is 0 Å². The number of aryl methyl sites for hydroxylation is 1. The van der Waals surface area contributed by atoms with Gasteiger partial charge in [-0.05, 0) is 43.7 Å². The third kappa shape index (κ3) is 3.49. The summed E-state index contributed by atoms with van der Waals surface area (Å²) in [5.74, 6) is 1.03. The Morgan fingerprint density at radius 2 is 2.15 bits per heavy atom. The molecule has 138 valence electrons. The van der Waals surface area contributed by atoms with Crippen LogP contribution < -0.4 is 5.73 Å². The summed E-state index contributed by atoms with van der Waals surface area (Å²) in [7, 11) is 0. The minimum Gasteiger partial charge on any atom is -0.462 e. The number of ether oxygens (including phenoxy) is 1. The van der Waals surface area contributed by atoms with Gasteiger partial charge in [-0.2, -0.15) is 0 Å². The zero-order valence-corrected chi connectivity index (χ0v) is 16.5. The summed E-state index contributed by atoms with van der Waals surface area (Å²) < 4.78 is 6.83. The zero-order chi connectivity index (χ0) is 18.8. The summed E-state index contributed by atoms with van der Waals surface area (Å²) in [6.45, 7) is 7.93. The van der Waals surface area contributed by atoms with Crippen molar-refractivity contribution in [1.29, 1.82) is 0 Å². The second-order valence-corrected chi connectivity index (χ2v) is 7.71. The van der Waals surface area contributed by atoms with Crippen molar-refractivity contribution in [1.82, 2.24) is 30.2 Å². The van der Waals surface area contributed by atoms with Gasteiger partial charge in [0.15, 0.2) is 0 Å². The van der Waals surface area contributed by atoms with Crippen molar-refractivity contribution in [2.45, 2.75) is 44.6 Å². The zero-order valence-electron chi connectivity index (χ0n) is 14.9. The molecule has 3 heterocycles. The molecule has 0 atom stereocenters. The van der Waals surface area contributed by atoms with Crippen LogP contribution in [0.3, 0.4) is 0 Å². The predicted molar refractivity (Wildman–Crippen MR) is 100 cm³/mol. The predicted octanol–water partition coefficient (Wildman–Crippen LogP) is 2.62. The Labute approximate surface area is 158 Å². The molecule has 11 heteroatoms. The second kappa shape index (κ2) is 7.54. The summed E-state index contributed by atoms with van der Waals surface area (Å²) >= 11 is 2.71. The van der Waals surface area contributed by atoms with E-state index in [4.69, 9.17) is 10.5 Å². The molecule has 0 saturated carbocycles. The SMILES string of the molecule is CCOC(=O)c1sc2nc(CSc3nnnn3C(C)C)nc(N)c2c1C. The summed E-state index contributed by atoms with van der Waals surface area (Å²) in [6.07, 6.45) is 0. The maximum Gasteiger partial charge on any atom is 0.348 e. The molecule has 0 amide bonds. The first-order valence-corrected chi connectivity index (χ1v) is 9.85. The maximum atomic E-state index is 12.1. The number of fused-ring (bicyclic) bond motifs is 1. The molecule has 0 aliphatic rings. The Morgan fingerprint density at radius 1 is 1.38 bits per heavy atom. The van der Waals surface area contributed by atoms with Crippen LogP contribution in [-0.4, -0.2) is 42.8 Å². The number of hydrogen-bond donors (Lipinski definition) is 1. The normalized spacial score (nSPS) is 11.4. The lowest BCUT2D eigenvalue weighted by Gasteiger charge is -2.07. The van der Waals surface area contributed by atoms with Crippen LogP contribution in [0.2, 0.25) is 0 Å². The van der Waals surface area contributed by atoms with Gasteiger partial charge in [0, 0.05) is 0 Å². The summed E-state index contributed by atoms with van der Waals surface area (Å²) in [5.41, 5.74) is 6.87. The molecule has 3 aromatic rings. The van der Waals surface area contributed by atoms with Crippen molar-refractivity contribution < 1.29 is 9.53 Å². The monoisotopic (exact) mass is 393 g/mol. The largest absolute Gasteiger partial charge is 0.462 e. The quantitative estimate of drug-likeness (QED) is 0.497. The third-order valence-corrected chi connectivity index (χ3v) is 5.70. The Balaban J connectivity index is 1.88. The number of aromatic nitrogens is 6. The fourth-order valence-corrected chi connectivity index (χ4v) is 4.37. The molecule has 0 aliphatic carbocycles. The van der Waals surface area contributed by atoms with Gasteiger partial charge in [0.2, 0.25) is 5.16 Å². The van der Waals surface area contributed by atoms with Crippen molar-refractivity contribution in [3.05, 3.63) is 16.3 Å². The Hall–Kier alpha value is -2.27. The van der Waals surface area contributed by atoms with Crippen LogP contribution in [0.4, 0.5) is 5.82 Å². The van der Waals surface area contributed by atoms with E-state index in [-0.39, 0.29) is 12.0 Å². The highest BCUT2D eigenvalue weighted by Crippen LogP contribution is 2.34. The number of rotatable bonds is 6. The van der Waals surface area contributed by atoms with Crippen LogP contribution in [0.1, 0.15) is 47.9 Å². The number of nitrogens with zero attached hydrogens (tertiary/aromatic N) is 6. The fourth-order valence-electron chi connectivity index (χ4n) is 2.41. The first kappa shape index (κ1) is 18.5. The van der Waals surface area contributed by atoms with Crippen LogP contribution >= 0.6 is 23.1 Å². The molecule has 2 N–H and O–H groups in total. The number of hydrogen-bond acceptors (Lipinski definition) is 10. The topological polar surface area (TPSA) is 122 Å². The van der Waals surface area contributed by atoms with Gasteiger partial charge in [-0.15, -0.1) is 16.4 Å². The number of tetrazole rings is 1. The molecule has 0 bridgehead atoms. The number of anilines is 1. The summed E-state index contributed by atoms with van der Waals surface area (Å²) in [4.78, 5) is 22.2. The van der Waals surface area contributed by atoms with Crippen LogP contribution in [0.5, 0.6) is 0 Å². The summed E-state index contributed by atoms with van der Waals surface area (Å²) in [5, 5.41) is 13.1. The van der Waals surface area contributed by atoms with E-state index in [0.717, 1.165) is 5.56 Å². The van der Waals surface area contributed by atoms with Crippen molar-refractivity contribution in [3.8, 4) is 0 Å². The average molecular weight is 393 g/mol. The lowest BCUT2D eigenvalue weighted by molar-refractivity contribution is 0.0531. The lowest BCUT2D eigenvalue weighted by atomic mass is 10.2. The van der Waals surface area contributed by atoms with E-state index >= 15 is 0 Å². The second-order valence-electron chi connectivity index (χ2n) is 5.77. The van der Waals surface area contributed by atoms with E-state index in [2.05, 4.69) is 25.5 Å². The molecule has 0 unspecified atom stereocenters. The lowest BCUT2D eigenvalue weighted by Crippen LogP contribution is -2.05. The van der Waals surface area contributed by atoms with E-state index in [9.17, 15) is 4.79 Å². The van der Waals surface area contributed by atoms with Crippen molar-refractivity contribution >= 4 is 45.1 Å².